The summed E-state index contributed by atoms with van der Waals surface area (Å²) in [6.07, 6.45) is 16.7. The van der Waals surface area contributed by atoms with Gasteiger partial charge in [-0.25, -0.2) is 0 Å². The molecule has 0 saturated heterocycles. The Balaban J connectivity index is 1.48. The molecule has 0 aromatic heterocycles. The van der Waals surface area contributed by atoms with E-state index in [2.05, 4.69) is 48.5 Å². The number of fused-ring (bicyclic) bond motifs is 6. The van der Waals surface area contributed by atoms with Gasteiger partial charge in [-0.3, -0.25) is 0 Å². The highest BCUT2D eigenvalue weighted by atomic mass is 16.3. The van der Waals surface area contributed by atoms with Crippen LogP contribution in [0, 0.1) is 56.7 Å². The standard InChI is InChI=1S/C30H52O/c1-26(2)15-8-16-29(6)21-10-12-24-28(5,19-20(21)9-11-22(26)29)17-13-23-27(3,4)25(31)14-18-30(23,24)7/h20-25,31H,8-19H2,1-7H3. The molecule has 0 aromatic rings. The summed E-state index contributed by atoms with van der Waals surface area (Å²) in [4.78, 5) is 0. The minimum Gasteiger partial charge on any atom is -0.393 e. The highest BCUT2D eigenvalue weighted by Crippen LogP contribution is 2.71. The Kier molecular flexibility index (Phi) is 5.13. The first kappa shape index (κ1) is 22.7. The Labute approximate surface area is 193 Å². The lowest BCUT2D eigenvalue weighted by Crippen LogP contribution is -2.58. The van der Waals surface area contributed by atoms with Crippen molar-refractivity contribution in [1.29, 1.82) is 0 Å². The first-order valence-electron chi connectivity index (χ1n) is 14.0. The molecule has 9 unspecified atom stereocenters. The van der Waals surface area contributed by atoms with Crippen LogP contribution in [0.3, 0.4) is 0 Å². The molecule has 0 aromatic carbocycles. The summed E-state index contributed by atoms with van der Waals surface area (Å²) < 4.78 is 0. The van der Waals surface area contributed by atoms with Crippen molar-refractivity contribution in [3.8, 4) is 0 Å². The van der Waals surface area contributed by atoms with Gasteiger partial charge in [-0.05, 0) is 127 Å². The van der Waals surface area contributed by atoms with E-state index in [9.17, 15) is 5.11 Å². The van der Waals surface area contributed by atoms with E-state index in [-0.39, 0.29) is 11.5 Å². The quantitative estimate of drug-likeness (QED) is 0.412. The number of aliphatic hydroxyl groups excluding tert-OH is 1. The Bertz CT molecular complexity index is 707. The number of hydrogen-bond acceptors (Lipinski definition) is 1. The second kappa shape index (κ2) is 6.99. The van der Waals surface area contributed by atoms with Crippen molar-refractivity contribution in [2.75, 3.05) is 0 Å². The van der Waals surface area contributed by atoms with Crippen molar-refractivity contribution >= 4 is 0 Å². The average Bonchev–Trinajstić information content (AvgIpc) is 2.81. The molecule has 5 aliphatic carbocycles. The number of aliphatic hydroxyl groups is 1. The van der Waals surface area contributed by atoms with Crippen molar-refractivity contribution < 1.29 is 5.11 Å². The van der Waals surface area contributed by atoms with Gasteiger partial charge in [-0.1, -0.05) is 54.9 Å². The zero-order chi connectivity index (χ0) is 22.4. The normalized spacial score (nSPS) is 55.7. The molecule has 0 amide bonds. The van der Waals surface area contributed by atoms with E-state index in [4.69, 9.17) is 0 Å². The molecule has 0 spiro atoms. The van der Waals surface area contributed by atoms with E-state index in [1.54, 1.807) is 0 Å². The van der Waals surface area contributed by atoms with Gasteiger partial charge in [0.25, 0.3) is 0 Å². The summed E-state index contributed by atoms with van der Waals surface area (Å²) in [5.74, 6) is 4.41. The lowest BCUT2D eigenvalue weighted by Gasteiger charge is -2.64. The van der Waals surface area contributed by atoms with Crippen LogP contribution < -0.4 is 0 Å². The fourth-order valence-electron chi connectivity index (χ4n) is 11.8. The lowest BCUT2D eigenvalue weighted by atomic mass is 9.42. The molecule has 1 heteroatoms. The Hall–Kier alpha value is -0.0400. The van der Waals surface area contributed by atoms with Crippen LogP contribution in [0.4, 0.5) is 0 Å². The zero-order valence-corrected chi connectivity index (χ0v) is 21.9. The molecule has 5 saturated carbocycles. The molecule has 0 aliphatic heterocycles. The van der Waals surface area contributed by atoms with Crippen LogP contribution in [0.2, 0.25) is 0 Å². The molecule has 5 rings (SSSR count). The smallest absolute Gasteiger partial charge is 0.0594 e. The monoisotopic (exact) mass is 428 g/mol. The van der Waals surface area contributed by atoms with Crippen LogP contribution in [0.1, 0.15) is 126 Å². The van der Waals surface area contributed by atoms with Crippen molar-refractivity contribution in [2.24, 2.45) is 56.7 Å². The highest BCUT2D eigenvalue weighted by molar-refractivity contribution is 5.12. The van der Waals surface area contributed by atoms with Crippen LogP contribution in [-0.4, -0.2) is 11.2 Å². The Morgan fingerprint density at radius 1 is 0.613 bits per heavy atom. The third-order valence-electron chi connectivity index (χ3n) is 13.2. The van der Waals surface area contributed by atoms with E-state index < -0.39 is 0 Å². The van der Waals surface area contributed by atoms with Gasteiger partial charge in [0.15, 0.2) is 0 Å². The van der Waals surface area contributed by atoms with Crippen LogP contribution in [0.15, 0.2) is 0 Å². The molecule has 0 heterocycles. The summed E-state index contributed by atoms with van der Waals surface area (Å²) in [5.41, 5.74) is 2.15. The topological polar surface area (TPSA) is 20.2 Å². The maximum atomic E-state index is 10.9. The molecule has 1 nitrogen and oxygen atoms in total. The summed E-state index contributed by atoms with van der Waals surface area (Å²) in [7, 11) is 0. The van der Waals surface area contributed by atoms with Crippen LogP contribution >= 0.6 is 0 Å². The maximum absolute atomic E-state index is 10.9. The summed E-state index contributed by atoms with van der Waals surface area (Å²) in [6.45, 7) is 18.1. The van der Waals surface area contributed by atoms with E-state index in [0.717, 1.165) is 30.1 Å². The van der Waals surface area contributed by atoms with Gasteiger partial charge in [-0.15, -0.1) is 0 Å². The van der Waals surface area contributed by atoms with Crippen molar-refractivity contribution in [1.82, 2.24) is 0 Å². The lowest BCUT2D eigenvalue weighted by molar-refractivity contribution is -0.173. The highest BCUT2D eigenvalue weighted by Gasteiger charge is 2.63. The van der Waals surface area contributed by atoms with Crippen molar-refractivity contribution in [3.63, 3.8) is 0 Å². The van der Waals surface area contributed by atoms with Crippen LogP contribution in [0.5, 0.6) is 0 Å². The number of rotatable bonds is 0. The molecule has 31 heavy (non-hydrogen) atoms. The molecule has 1 N–H and O–H groups in total. The molecular formula is C30H52O. The van der Waals surface area contributed by atoms with E-state index in [1.165, 1.54) is 70.6 Å². The first-order chi connectivity index (χ1) is 14.3. The second-order valence-electron chi connectivity index (χ2n) is 15.3. The first-order valence-corrected chi connectivity index (χ1v) is 14.0. The molecular weight excluding hydrogens is 376 g/mol. The van der Waals surface area contributed by atoms with Gasteiger partial charge >= 0.3 is 0 Å². The second-order valence-corrected chi connectivity index (χ2v) is 15.3. The minimum atomic E-state index is -0.104. The van der Waals surface area contributed by atoms with Crippen molar-refractivity contribution in [2.45, 2.75) is 132 Å². The minimum absolute atomic E-state index is 0.0812. The van der Waals surface area contributed by atoms with E-state index in [1.807, 2.05) is 0 Å². The van der Waals surface area contributed by atoms with Gasteiger partial charge in [-0.2, -0.15) is 0 Å². The third-order valence-corrected chi connectivity index (χ3v) is 13.2. The molecule has 9 atom stereocenters. The van der Waals surface area contributed by atoms with Gasteiger partial charge in [0.1, 0.15) is 0 Å². The summed E-state index contributed by atoms with van der Waals surface area (Å²) >= 11 is 0. The van der Waals surface area contributed by atoms with E-state index >= 15 is 0 Å². The maximum Gasteiger partial charge on any atom is 0.0594 e. The largest absolute Gasteiger partial charge is 0.393 e. The van der Waals surface area contributed by atoms with Gasteiger partial charge in [0.05, 0.1) is 6.10 Å². The van der Waals surface area contributed by atoms with E-state index in [0.29, 0.717) is 27.6 Å². The average molecular weight is 429 g/mol. The Morgan fingerprint density at radius 3 is 2.06 bits per heavy atom. The van der Waals surface area contributed by atoms with Crippen molar-refractivity contribution in [3.05, 3.63) is 0 Å². The molecule has 5 fully saturated rings. The van der Waals surface area contributed by atoms with Gasteiger partial charge in [0, 0.05) is 0 Å². The number of hydrogen-bond donors (Lipinski definition) is 1. The van der Waals surface area contributed by atoms with Gasteiger partial charge < -0.3 is 5.11 Å². The third kappa shape index (κ3) is 3.10. The molecule has 0 bridgehead atoms. The van der Waals surface area contributed by atoms with Gasteiger partial charge in [0.2, 0.25) is 0 Å². The molecule has 5 aliphatic rings. The molecule has 178 valence electrons. The predicted molar refractivity (Wildman–Crippen MR) is 131 cm³/mol. The SMILES string of the molecule is CC1(C)CCCC2(C)C3CCC4C(C)(CCC5C(C)(C)C(O)CCC45C)CC3CCC12. The Morgan fingerprint density at radius 2 is 1.32 bits per heavy atom. The predicted octanol–water partition coefficient (Wildman–Crippen LogP) is 8.25. The summed E-state index contributed by atoms with van der Waals surface area (Å²) in [5, 5.41) is 10.9. The fourth-order valence-corrected chi connectivity index (χ4v) is 11.8. The summed E-state index contributed by atoms with van der Waals surface area (Å²) in [6, 6.07) is 0. The zero-order valence-electron chi connectivity index (χ0n) is 21.9. The fraction of sp³-hybridized carbons (Fsp3) is 1.00. The van der Waals surface area contributed by atoms with Crippen LogP contribution in [-0.2, 0) is 0 Å². The molecule has 0 radical (unpaired) electrons. The van der Waals surface area contributed by atoms with Crippen LogP contribution in [0.25, 0.3) is 0 Å².